The van der Waals surface area contributed by atoms with E-state index in [1.165, 1.54) is 17.7 Å². The van der Waals surface area contributed by atoms with Gasteiger partial charge in [0.1, 0.15) is 0 Å². The van der Waals surface area contributed by atoms with E-state index >= 15 is 0 Å². The molecule has 1 N–H and O–H groups in total. The molecule has 2 aromatic rings. The minimum absolute atomic E-state index is 0. The van der Waals surface area contributed by atoms with Crippen LogP contribution in [0.2, 0.25) is 0 Å². The van der Waals surface area contributed by atoms with Gasteiger partial charge in [-0.3, -0.25) is 10.1 Å². The van der Waals surface area contributed by atoms with Crippen LogP contribution in [0.1, 0.15) is 18.4 Å². The Morgan fingerprint density at radius 3 is 2.27 bits per heavy atom. The lowest BCUT2D eigenvalue weighted by atomic mass is 9.90. The summed E-state index contributed by atoms with van der Waals surface area (Å²) in [6.45, 7) is 1.46. The predicted molar refractivity (Wildman–Crippen MR) is 104 cm³/mol. The van der Waals surface area contributed by atoms with Crippen LogP contribution in [0.3, 0.4) is 0 Å². The van der Waals surface area contributed by atoms with Gasteiger partial charge < -0.3 is 10.2 Å². The molecule has 0 aromatic heterocycles. The van der Waals surface area contributed by atoms with Crippen LogP contribution in [-0.4, -0.2) is 28.9 Å². The highest BCUT2D eigenvalue weighted by molar-refractivity contribution is 5.89. The number of nitrogens with one attached hydrogen (secondary N) is 1. The number of carbonyl (C=O) groups is 1. The summed E-state index contributed by atoms with van der Waals surface area (Å²) in [6.07, 6.45) is 3.03. The van der Waals surface area contributed by atoms with Gasteiger partial charge in [-0.2, -0.15) is 0 Å². The summed E-state index contributed by atoms with van der Waals surface area (Å²) >= 11 is 0. The lowest BCUT2D eigenvalue weighted by Gasteiger charge is -2.32. The second kappa shape index (κ2) is 9.20. The third-order valence-corrected chi connectivity index (χ3v) is 4.60. The number of nitro groups is 1. The first kappa shape index (κ1) is 19.7. The highest BCUT2D eigenvalue weighted by atomic mass is 35.5. The van der Waals surface area contributed by atoms with Crippen LogP contribution >= 0.6 is 12.4 Å². The molecule has 6 nitrogen and oxygen atoms in total. The van der Waals surface area contributed by atoms with Crippen molar-refractivity contribution in [1.29, 1.82) is 0 Å². The van der Waals surface area contributed by atoms with Gasteiger partial charge in [0.05, 0.1) is 4.92 Å². The fourth-order valence-corrected chi connectivity index (χ4v) is 3.16. The molecular formula is C19H22ClN3O3. The Morgan fingerprint density at radius 2 is 1.69 bits per heavy atom. The molecule has 0 atom stereocenters. The van der Waals surface area contributed by atoms with Gasteiger partial charge in [-0.15, -0.1) is 12.4 Å². The van der Waals surface area contributed by atoms with Gasteiger partial charge in [0.2, 0.25) is 0 Å². The zero-order valence-corrected chi connectivity index (χ0v) is 15.2. The molecule has 0 aliphatic carbocycles. The summed E-state index contributed by atoms with van der Waals surface area (Å²) in [4.78, 5) is 24.3. The predicted octanol–water partition coefficient (Wildman–Crippen LogP) is 4.50. The highest BCUT2D eigenvalue weighted by Gasteiger charge is 2.23. The largest absolute Gasteiger partial charge is 0.325 e. The maximum atomic E-state index is 12.3. The van der Waals surface area contributed by atoms with Crippen LogP contribution in [0.4, 0.5) is 16.2 Å². The molecule has 1 fully saturated rings. The van der Waals surface area contributed by atoms with Crippen LogP contribution in [0, 0.1) is 16.0 Å². The topological polar surface area (TPSA) is 75.5 Å². The first-order valence-corrected chi connectivity index (χ1v) is 8.46. The lowest BCUT2D eigenvalue weighted by Crippen LogP contribution is -2.41. The normalized spacial score (nSPS) is 14.4. The molecule has 1 heterocycles. The van der Waals surface area contributed by atoms with E-state index in [2.05, 4.69) is 29.6 Å². The van der Waals surface area contributed by atoms with Gasteiger partial charge in [-0.1, -0.05) is 30.3 Å². The summed E-state index contributed by atoms with van der Waals surface area (Å²) in [5.74, 6) is 0.603. The number of piperidine rings is 1. The van der Waals surface area contributed by atoms with Crippen molar-refractivity contribution in [2.24, 2.45) is 5.92 Å². The quantitative estimate of drug-likeness (QED) is 0.631. The first-order chi connectivity index (χ1) is 12.1. The van der Waals surface area contributed by atoms with Crippen LogP contribution in [0.15, 0.2) is 54.6 Å². The van der Waals surface area contributed by atoms with Crippen molar-refractivity contribution in [3.05, 3.63) is 70.3 Å². The Morgan fingerprint density at radius 1 is 1.08 bits per heavy atom. The number of hydrogen-bond acceptors (Lipinski definition) is 3. The fourth-order valence-electron chi connectivity index (χ4n) is 3.16. The monoisotopic (exact) mass is 375 g/mol. The van der Waals surface area contributed by atoms with Crippen LogP contribution in [-0.2, 0) is 6.42 Å². The third kappa shape index (κ3) is 5.20. The standard InChI is InChI=1S/C19H21N3O3.ClH/c23-19(20-17-6-8-18(9-7-17)22(24)25)21-12-10-16(11-13-21)14-15-4-2-1-3-5-15;/h1-9,16H,10-14H2,(H,20,23);1H. The maximum absolute atomic E-state index is 12.3. The Bertz CT molecular complexity index is 729. The molecule has 1 saturated heterocycles. The van der Waals surface area contributed by atoms with Gasteiger partial charge >= 0.3 is 6.03 Å². The van der Waals surface area contributed by atoms with Gasteiger partial charge in [0.15, 0.2) is 0 Å². The number of nitro benzene ring substituents is 1. The summed E-state index contributed by atoms with van der Waals surface area (Å²) < 4.78 is 0. The van der Waals surface area contributed by atoms with E-state index in [0.29, 0.717) is 11.6 Å². The molecule has 0 unspecified atom stereocenters. The molecule has 26 heavy (non-hydrogen) atoms. The van der Waals surface area contributed by atoms with E-state index in [0.717, 1.165) is 32.4 Å². The van der Waals surface area contributed by atoms with E-state index in [9.17, 15) is 14.9 Å². The lowest BCUT2D eigenvalue weighted by molar-refractivity contribution is -0.384. The Hall–Kier alpha value is -2.60. The van der Waals surface area contributed by atoms with Crippen molar-refractivity contribution in [1.82, 2.24) is 4.90 Å². The molecule has 1 aliphatic heterocycles. The van der Waals surface area contributed by atoms with Gasteiger partial charge in [0.25, 0.3) is 5.69 Å². The number of carbonyl (C=O) groups excluding carboxylic acids is 1. The van der Waals surface area contributed by atoms with Crippen LogP contribution in [0.25, 0.3) is 0 Å². The van der Waals surface area contributed by atoms with E-state index < -0.39 is 4.92 Å². The smallest absolute Gasteiger partial charge is 0.321 e. The number of nitrogens with zero attached hydrogens (tertiary/aromatic N) is 2. The fraction of sp³-hybridized carbons (Fsp3) is 0.316. The van der Waals surface area contributed by atoms with E-state index in [1.54, 1.807) is 12.1 Å². The minimum atomic E-state index is -0.455. The Balaban J connectivity index is 0.00000243. The number of benzene rings is 2. The summed E-state index contributed by atoms with van der Waals surface area (Å²) in [5, 5.41) is 13.5. The van der Waals surface area contributed by atoms with Crippen molar-refractivity contribution in [2.45, 2.75) is 19.3 Å². The molecule has 2 aromatic carbocycles. The summed E-state index contributed by atoms with van der Waals surface area (Å²) in [7, 11) is 0. The average Bonchev–Trinajstić information content (AvgIpc) is 2.63. The van der Waals surface area contributed by atoms with Crippen molar-refractivity contribution in [2.75, 3.05) is 18.4 Å². The molecule has 1 aliphatic rings. The molecule has 2 amide bonds. The van der Waals surface area contributed by atoms with Crippen LogP contribution in [0.5, 0.6) is 0 Å². The first-order valence-electron chi connectivity index (χ1n) is 8.46. The molecule has 138 valence electrons. The highest BCUT2D eigenvalue weighted by Crippen LogP contribution is 2.22. The van der Waals surface area contributed by atoms with Gasteiger partial charge in [0, 0.05) is 30.9 Å². The molecule has 0 saturated carbocycles. The van der Waals surface area contributed by atoms with Crippen molar-refractivity contribution < 1.29 is 9.72 Å². The number of urea groups is 1. The van der Waals surface area contributed by atoms with Gasteiger partial charge in [-0.05, 0) is 42.9 Å². The summed E-state index contributed by atoms with van der Waals surface area (Å²) in [5.41, 5.74) is 1.93. The second-order valence-corrected chi connectivity index (χ2v) is 6.35. The molecular weight excluding hydrogens is 354 g/mol. The SMILES string of the molecule is Cl.O=C(Nc1ccc([N+](=O)[O-])cc1)N1CCC(Cc2ccccc2)CC1. The number of hydrogen-bond donors (Lipinski definition) is 1. The zero-order valence-electron chi connectivity index (χ0n) is 14.3. The third-order valence-electron chi connectivity index (χ3n) is 4.60. The van der Waals surface area contributed by atoms with E-state index in [1.807, 2.05) is 11.0 Å². The minimum Gasteiger partial charge on any atom is -0.325 e. The molecule has 3 rings (SSSR count). The average molecular weight is 376 g/mol. The second-order valence-electron chi connectivity index (χ2n) is 6.35. The molecule has 0 spiro atoms. The van der Waals surface area contributed by atoms with Gasteiger partial charge in [-0.25, -0.2) is 4.79 Å². The number of rotatable bonds is 4. The number of halogens is 1. The molecule has 0 bridgehead atoms. The Kier molecular flexibility index (Phi) is 6.97. The van der Waals surface area contributed by atoms with E-state index in [-0.39, 0.29) is 24.1 Å². The molecule has 0 radical (unpaired) electrons. The van der Waals surface area contributed by atoms with Crippen molar-refractivity contribution in [3.8, 4) is 0 Å². The summed E-state index contributed by atoms with van der Waals surface area (Å²) in [6, 6.07) is 16.2. The number of likely N-dealkylation sites (tertiary alicyclic amines) is 1. The van der Waals surface area contributed by atoms with Crippen molar-refractivity contribution >= 4 is 29.8 Å². The number of anilines is 1. The zero-order chi connectivity index (χ0) is 17.6. The number of non-ortho nitro benzene ring substituents is 1. The van der Waals surface area contributed by atoms with Crippen LogP contribution < -0.4 is 5.32 Å². The van der Waals surface area contributed by atoms with E-state index in [4.69, 9.17) is 0 Å². The van der Waals surface area contributed by atoms with Crippen molar-refractivity contribution in [3.63, 3.8) is 0 Å². The Labute approximate surface area is 158 Å². The number of amides is 2. The maximum Gasteiger partial charge on any atom is 0.321 e. The molecule has 7 heteroatoms.